The van der Waals surface area contributed by atoms with E-state index in [-0.39, 0.29) is 11.3 Å². The van der Waals surface area contributed by atoms with Gasteiger partial charge in [0.15, 0.2) is 0 Å². The van der Waals surface area contributed by atoms with E-state index >= 15 is 0 Å². The molecule has 0 radical (unpaired) electrons. The average Bonchev–Trinajstić information content (AvgIpc) is 3.54. The Morgan fingerprint density at radius 3 is 2.76 bits per heavy atom. The van der Waals surface area contributed by atoms with Crippen molar-refractivity contribution < 1.29 is 4.79 Å². The summed E-state index contributed by atoms with van der Waals surface area (Å²) in [5, 5.41) is 3.45. The molecule has 0 aromatic heterocycles. The van der Waals surface area contributed by atoms with E-state index in [0.717, 1.165) is 13.1 Å². The smallest absolute Gasteiger partial charge is 0.255 e. The zero-order valence-electron chi connectivity index (χ0n) is 22.2. The van der Waals surface area contributed by atoms with Crippen LogP contribution in [0.1, 0.15) is 71.1 Å². The Morgan fingerprint density at radius 2 is 1.95 bits per heavy atom. The number of rotatable bonds is 4. The minimum atomic E-state index is -0.170. The molecule has 1 saturated heterocycles. The van der Waals surface area contributed by atoms with Crippen LogP contribution < -0.4 is 11.1 Å². The Morgan fingerprint density at radius 1 is 1.11 bits per heavy atom. The summed E-state index contributed by atoms with van der Waals surface area (Å²) in [5.74, 6) is 0.971. The van der Waals surface area contributed by atoms with E-state index in [1.165, 1.54) is 47.9 Å². The van der Waals surface area contributed by atoms with Crippen LogP contribution >= 0.6 is 11.6 Å². The number of nitrogen functional groups attached to an aromatic ring is 1. The second-order valence-electron chi connectivity index (χ2n) is 11.5. The minimum Gasteiger partial charge on any atom is -0.397 e. The molecular weight excluding hydrogens is 490 g/mol. The highest BCUT2D eigenvalue weighted by Gasteiger charge is 2.45. The molecule has 38 heavy (non-hydrogen) atoms. The number of carbonyl (C=O) groups excluding carboxylic acids is 1. The molecule has 4 atom stereocenters. The maximum atomic E-state index is 12.9. The number of anilines is 2. The predicted octanol–water partition coefficient (Wildman–Crippen LogP) is 7.43. The number of hydrogen-bond acceptors (Lipinski definition) is 3. The normalized spacial score (nSPS) is 26.6. The van der Waals surface area contributed by atoms with E-state index in [2.05, 4.69) is 66.5 Å². The molecule has 3 unspecified atom stereocenters. The molecule has 4 nitrogen and oxygen atoms in total. The zero-order chi connectivity index (χ0) is 26.4. The molecule has 0 bridgehead atoms. The maximum absolute atomic E-state index is 12.9. The second kappa shape index (κ2) is 9.91. The fraction of sp³-hybridized carbons (Fsp3) is 0.364. The van der Waals surface area contributed by atoms with Gasteiger partial charge in [0.2, 0.25) is 0 Å². The third-order valence-electron chi connectivity index (χ3n) is 9.38. The van der Waals surface area contributed by atoms with Crippen molar-refractivity contribution in [1.82, 2.24) is 4.90 Å². The van der Waals surface area contributed by atoms with E-state index in [4.69, 9.17) is 17.3 Å². The standard InChI is InChI=1S/C33H36ClN3O/c1-21-17-25(32(38)36-31-19-26(34)9-12-30(31)35)8-11-28(21)24-7-10-27(18-24)37-16-15-33(22(2)20-37)14-13-23-5-3-4-6-29(23)33/h3-6,8-9,11-14,17,19,22,24,27H,7,10,15-16,18,20,35H2,1-2H3,(H,36,38)/t22-,24?,27?,33?/m0/s1. The topological polar surface area (TPSA) is 58.4 Å². The molecule has 3 aromatic rings. The number of nitrogens with one attached hydrogen (secondary N) is 1. The van der Waals surface area contributed by atoms with Crippen LogP contribution in [0.15, 0.2) is 66.7 Å². The molecule has 3 N–H and O–H groups in total. The third-order valence-corrected chi connectivity index (χ3v) is 9.61. The summed E-state index contributed by atoms with van der Waals surface area (Å²) in [4.78, 5) is 15.7. The Hall–Kier alpha value is -3.08. The first-order valence-corrected chi connectivity index (χ1v) is 14.2. The lowest BCUT2D eigenvalue weighted by molar-refractivity contribution is 0.0898. The quantitative estimate of drug-likeness (QED) is 0.348. The number of carbonyl (C=O) groups is 1. The summed E-state index contributed by atoms with van der Waals surface area (Å²) in [7, 11) is 0. The van der Waals surface area contributed by atoms with Crippen LogP contribution in [0.4, 0.5) is 11.4 Å². The molecule has 1 amide bonds. The fourth-order valence-corrected chi connectivity index (χ4v) is 7.40. The molecule has 1 heterocycles. The van der Waals surface area contributed by atoms with E-state index in [0.29, 0.717) is 39.8 Å². The Labute approximate surface area is 230 Å². The van der Waals surface area contributed by atoms with E-state index in [1.807, 2.05) is 12.1 Å². The lowest BCUT2D eigenvalue weighted by atomic mass is 9.68. The number of allylic oxidation sites excluding steroid dienone is 1. The largest absolute Gasteiger partial charge is 0.397 e. The van der Waals surface area contributed by atoms with Crippen molar-refractivity contribution in [2.45, 2.75) is 56.9 Å². The number of benzene rings is 3. The third kappa shape index (κ3) is 4.44. The van der Waals surface area contributed by atoms with Crippen LogP contribution in [0.5, 0.6) is 0 Å². The number of halogens is 1. The van der Waals surface area contributed by atoms with Gasteiger partial charge >= 0.3 is 0 Å². The molecular formula is C33H36ClN3O. The number of fused-ring (bicyclic) bond motifs is 2. The molecule has 3 aromatic carbocycles. The Balaban J connectivity index is 1.11. The summed E-state index contributed by atoms with van der Waals surface area (Å²) in [6, 6.07) is 20.8. The van der Waals surface area contributed by atoms with Gasteiger partial charge in [-0.25, -0.2) is 0 Å². The summed E-state index contributed by atoms with van der Waals surface area (Å²) in [5.41, 5.74) is 13.4. The lowest BCUT2D eigenvalue weighted by Crippen LogP contribution is -2.50. The van der Waals surface area contributed by atoms with Gasteiger partial charge in [-0.3, -0.25) is 4.79 Å². The van der Waals surface area contributed by atoms with Crippen molar-refractivity contribution in [2.24, 2.45) is 5.92 Å². The van der Waals surface area contributed by atoms with Gasteiger partial charge in [0.05, 0.1) is 11.4 Å². The number of aryl methyl sites for hydroxylation is 1. The van der Waals surface area contributed by atoms with Crippen LogP contribution in [0.25, 0.3) is 6.08 Å². The fourth-order valence-electron chi connectivity index (χ4n) is 7.23. The number of piperidine rings is 1. The van der Waals surface area contributed by atoms with Crippen molar-refractivity contribution >= 4 is 35.0 Å². The number of amides is 1. The molecule has 2 aliphatic carbocycles. The van der Waals surface area contributed by atoms with Gasteiger partial charge in [0, 0.05) is 28.6 Å². The maximum Gasteiger partial charge on any atom is 0.255 e. The molecule has 196 valence electrons. The van der Waals surface area contributed by atoms with Crippen LogP contribution in [0, 0.1) is 12.8 Å². The second-order valence-corrected chi connectivity index (χ2v) is 12.0. The lowest BCUT2D eigenvalue weighted by Gasteiger charge is -2.46. The van der Waals surface area contributed by atoms with Gasteiger partial charge in [-0.1, -0.05) is 61.0 Å². The molecule has 1 aliphatic heterocycles. The van der Waals surface area contributed by atoms with Gasteiger partial charge < -0.3 is 16.0 Å². The molecule has 5 heteroatoms. The number of hydrogen-bond donors (Lipinski definition) is 2. The van der Waals surface area contributed by atoms with Gasteiger partial charge in [-0.15, -0.1) is 0 Å². The van der Waals surface area contributed by atoms with Crippen LogP contribution in [-0.2, 0) is 5.41 Å². The van der Waals surface area contributed by atoms with Crippen molar-refractivity contribution in [3.05, 3.63) is 99.6 Å². The van der Waals surface area contributed by atoms with Gasteiger partial charge in [0.25, 0.3) is 5.91 Å². The molecule has 3 aliphatic rings. The van der Waals surface area contributed by atoms with Crippen molar-refractivity contribution in [3.8, 4) is 0 Å². The highest BCUT2D eigenvalue weighted by molar-refractivity contribution is 6.31. The van der Waals surface area contributed by atoms with Crippen molar-refractivity contribution in [1.29, 1.82) is 0 Å². The number of likely N-dealkylation sites (tertiary alicyclic amines) is 1. The van der Waals surface area contributed by atoms with E-state index in [9.17, 15) is 4.79 Å². The van der Waals surface area contributed by atoms with Crippen molar-refractivity contribution in [3.63, 3.8) is 0 Å². The molecule has 1 saturated carbocycles. The van der Waals surface area contributed by atoms with E-state index in [1.54, 1.807) is 18.2 Å². The zero-order valence-corrected chi connectivity index (χ0v) is 23.0. The first-order chi connectivity index (χ1) is 18.3. The molecule has 2 fully saturated rings. The predicted molar refractivity (Wildman–Crippen MR) is 158 cm³/mol. The minimum absolute atomic E-state index is 0.170. The van der Waals surface area contributed by atoms with Gasteiger partial charge in [-0.2, -0.15) is 0 Å². The first kappa shape index (κ1) is 25.2. The van der Waals surface area contributed by atoms with E-state index < -0.39 is 0 Å². The average molecular weight is 526 g/mol. The highest BCUT2D eigenvalue weighted by atomic mass is 35.5. The van der Waals surface area contributed by atoms with Crippen LogP contribution in [-0.4, -0.2) is 29.9 Å². The Bertz CT molecular complexity index is 1420. The molecule has 1 spiro atoms. The SMILES string of the molecule is Cc1cc(C(=O)Nc2cc(Cl)ccc2N)ccc1C1CCC(N2CCC3(C=Cc4ccccc43)[C@@H](C)C2)C1. The van der Waals surface area contributed by atoms with Crippen LogP contribution in [0.2, 0.25) is 5.02 Å². The number of nitrogens with two attached hydrogens (primary N) is 1. The monoisotopic (exact) mass is 525 g/mol. The van der Waals surface area contributed by atoms with Gasteiger partial charge in [0.1, 0.15) is 0 Å². The molecule has 6 rings (SSSR count). The van der Waals surface area contributed by atoms with Gasteiger partial charge in [-0.05, 0) is 104 Å². The first-order valence-electron chi connectivity index (χ1n) is 13.8. The van der Waals surface area contributed by atoms with Crippen molar-refractivity contribution in [2.75, 3.05) is 24.1 Å². The Kier molecular flexibility index (Phi) is 6.57. The summed E-state index contributed by atoms with van der Waals surface area (Å²) in [6.07, 6.45) is 9.66. The van der Waals surface area contributed by atoms with Crippen LogP contribution in [0.3, 0.4) is 0 Å². The number of nitrogens with zero attached hydrogens (tertiary/aromatic N) is 1. The summed E-state index contributed by atoms with van der Waals surface area (Å²) >= 11 is 6.08. The summed E-state index contributed by atoms with van der Waals surface area (Å²) in [6.45, 7) is 6.88. The highest BCUT2D eigenvalue weighted by Crippen LogP contribution is 2.48. The summed E-state index contributed by atoms with van der Waals surface area (Å²) < 4.78 is 0.